The number of rotatable bonds is 7. The van der Waals surface area contributed by atoms with Crippen molar-refractivity contribution in [3.63, 3.8) is 0 Å². The van der Waals surface area contributed by atoms with E-state index in [2.05, 4.69) is 31.4 Å². The second kappa shape index (κ2) is 7.61. The van der Waals surface area contributed by atoms with E-state index in [1.807, 2.05) is 6.92 Å². The SMILES string of the molecule is CCNc1ccc([N+](=O)[O-])cc1C(=O)NCC(C)C(C)C. The molecular formula is C15H23N3O3. The van der Waals surface area contributed by atoms with Crippen molar-refractivity contribution in [2.75, 3.05) is 18.4 Å². The zero-order chi connectivity index (χ0) is 16.0. The molecule has 1 rings (SSSR count). The highest BCUT2D eigenvalue weighted by Crippen LogP contribution is 2.22. The second-order valence-corrected chi connectivity index (χ2v) is 5.45. The number of nitro groups is 1. The fourth-order valence-electron chi connectivity index (χ4n) is 1.76. The van der Waals surface area contributed by atoms with Crippen molar-refractivity contribution >= 4 is 17.3 Å². The van der Waals surface area contributed by atoms with Gasteiger partial charge in [-0.1, -0.05) is 20.8 Å². The van der Waals surface area contributed by atoms with Crippen LogP contribution < -0.4 is 10.6 Å². The summed E-state index contributed by atoms with van der Waals surface area (Å²) in [6, 6.07) is 4.28. The van der Waals surface area contributed by atoms with Crippen molar-refractivity contribution in [3.8, 4) is 0 Å². The fourth-order valence-corrected chi connectivity index (χ4v) is 1.76. The zero-order valence-corrected chi connectivity index (χ0v) is 13.0. The lowest BCUT2D eigenvalue weighted by Gasteiger charge is -2.17. The average molecular weight is 293 g/mol. The highest BCUT2D eigenvalue weighted by atomic mass is 16.6. The third-order valence-corrected chi connectivity index (χ3v) is 3.55. The van der Waals surface area contributed by atoms with Gasteiger partial charge >= 0.3 is 0 Å². The Hall–Kier alpha value is -2.11. The molecule has 21 heavy (non-hydrogen) atoms. The number of hydrogen-bond acceptors (Lipinski definition) is 4. The van der Waals surface area contributed by atoms with Gasteiger partial charge in [0, 0.05) is 30.9 Å². The monoisotopic (exact) mass is 293 g/mol. The van der Waals surface area contributed by atoms with Gasteiger partial charge in [0.05, 0.1) is 10.5 Å². The van der Waals surface area contributed by atoms with Gasteiger partial charge in [-0.15, -0.1) is 0 Å². The number of nitrogens with one attached hydrogen (secondary N) is 2. The van der Waals surface area contributed by atoms with Crippen LogP contribution in [0.25, 0.3) is 0 Å². The molecule has 0 bridgehead atoms. The van der Waals surface area contributed by atoms with Crippen LogP contribution in [0, 0.1) is 22.0 Å². The summed E-state index contributed by atoms with van der Waals surface area (Å²) in [6.45, 7) is 9.33. The summed E-state index contributed by atoms with van der Waals surface area (Å²) < 4.78 is 0. The molecule has 0 fully saturated rings. The average Bonchev–Trinajstić information content (AvgIpc) is 2.44. The molecule has 0 aliphatic heterocycles. The number of benzene rings is 1. The fraction of sp³-hybridized carbons (Fsp3) is 0.533. The number of carbonyl (C=O) groups excluding carboxylic acids is 1. The molecule has 0 saturated heterocycles. The van der Waals surface area contributed by atoms with Gasteiger partial charge in [0.1, 0.15) is 0 Å². The Morgan fingerprint density at radius 3 is 2.52 bits per heavy atom. The quantitative estimate of drug-likeness (QED) is 0.597. The molecule has 6 heteroatoms. The van der Waals surface area contributed by atoms with Crippen LogP contribution in [0.4, 0.5) is 11.4 Å². The first kappa shape index (κ1) is 16.9. The highest BCUT2D eigenvalue weighted by Gasteiger charge is 2.17. The van der Waals surface area contributed by atoms with E-state index in [1.165, 1.54) is 12.1 Å². The van der Waals surface area contributed by atoms with Gasteiger partial charge in [-0.25, -0.2) is 0 Å². The Balaban J connectivity index is 2.94. The maximum absolute atomic E-state index is 12.3. The summed E-state index contributed by atoms with van der Waals surface area (Å²) >= 11 is 0. The number of non-ortho nitro benzene ring substituents is 1. The van der Waals surface area contributed by atoms with E-state index in [0.717, 1.165) is 0 Å². The second-order valence-electron chi connectivity index (χ2n) is 5.45. The molecule has 1 amide bonds. The Morgan fingerprint density at radius 2 is 2.00 bits per heavy atom. The molecule has 0 spiro atoms. The number of nitro benzene ring substituents is 1. The van der Waals surface area contributed by atoms with E-state index in [0.29, 0.717) is 36.2 Å². The summed E-state index contributed by atoms with van der Waals surface area (Å²) in [5.41, 5.74) is 0.832. The molecule has 0 heterocycles. The topological polar surface area (TPSA) is 84.3 Å². The Morgan fingerprint density at radius 1 is 1.33 bits per heavy atom. The predicted molar refractivity (Wildman–Crippen MR) is 83.6 cm³/mol. The van der Waals surface area contributed by atoms with Crippen LogP contribution in [0.3, 0.4) is 0 Å². The predicted octanol–water partition coefficient (Wildman–Crippen LogP) is 3.05. The van der Waals surface area contributed by atoms with Crippen molar-refractivity contribution in [2.45, 2.75) is 27.7 Å². The van der Waals surface area contributed by atoms with Crippen LogP contribution in [0.5, 0.6) is 0 Å². The molecule has 2 N–H and O–H groups in total. The van der Waals surface area contributed by atoms with E-state index in [-0.39, 0.29) is 11.6 Å². The van der Waals surface area contributed by atoms with Crippen molar-refractivity contribution < 1.29 is 9.72 Å². The normalized spacial score (nSPS) is 12.0. The molecule has 116 valence electrons. The van der Waals surface area contributed by atoms with Crippen molar-refractivity contribution in [3.05, 3.63) is 33.9 Å². The third kappa shape index (κ3) is 4.73. The van der Waals surface area contributed by atoms with Crippen LogP contribution in [-0.2, 0) is 0 Å². The lowest BCUT2D eigenvalue weighted by Crippen LogP contribution is -2.30. The molecule has 1 unspecified atom stereocenters. The maximum Gasteiger partial charge on any atom is 0.270 e. The molecule has 0 aromatic heterocycles. The summed E-state index contributed by atoms with van der Waals surface area (Å²) in [7, 11) is 0. The standard InChI is InChI=1S/C15H23N3O3/c1-5-16-14-7-6-12(18(20)21)8-13(14)15(19)17-9-11(4)10(2)3/h6-8,10-11,16H,5,9H2,1-4H3,(H,17,19). The smallest absolute Gasteiger partial charge is 0.270 e. The minimum Gasteiger partial charge on any atom is -0.385 e. The van der Waals surface area contributed by atoms with E-state index in [1.54, 1.807) is 6.07 Å². The van der Waals surface area contributed by atoms with E-state index in [9.17, 15) is 14.9 Å². The van der Waals surface area contributed by atoms with Crippen LogP contribution in [0.1, 0.15) is 38.1 Å². The third-order valence-electron chi connectivity index (χ3n) is 3.55. The molecule has 1 aromatic rings. The molecule has 0 saturated carbocycles. The minimum absolute atomic E-state index is 0.0845. The van der Waals surface area contributed by atoms with Crippen LogP contribution in [0.15, 0.2) is 18.2 Å². The molecule has 1 atom stereocenters. The number of hydrogen-bond donors (Lipinski definition) is 2. The Bertz CT molecular complexity index is 515. The number of anilines is 1. The van der Waals surface area contributed by atoms with E-state index < -0.39 is 4.92 Å². The summed E-state index contributed by atoms with van der Waals surface area (Å²) in [5.74, 6) is 0.515. The van der Waals surface area contributed by atoms with Crippen molar-refractivity contribution in [1.82, 2.24) is 5.32 Å². The van der Waals surface area contributed by atoms with Gasteiger partial charge < -0.3 is 10.6 Å². The lowest BCUT2D eigenvalue weighted by atomic mass is 9.98. The number of amides is 1. The van der Waals surface area contributed by atoms with E-state index in [4.69, 9.17) is 0 Å². The van der Waals surface area contributed by atoms with Gasteiger partial charge in [-0.05, 0) is 24.8 Å². The Labute approximate surface area is 125 Å². The first-order valence-corrected chi connectivity index (χ1v) is 7.17. The van der Waals surface area contributed by atoms with Crippen LogP contribution in [-0.4, -0.2) is 23.9 Å². The van der Waals surface area contributed by atoms with Gasteiger partial charge in [-0.2, -0.15) is 0 Å². The number of carbonyl (C=O) groups is 1. The molecule has 0 aliphatic rings. The van der Waals surface area contributed by atoms with Gasteiger partial charge in [0.25, 0.3) is 11.6 Å². The highest BCUT2D eigenvalue weighted by molar-refractivity contribution is 6.00. The zero-order valence-electron chi connectivity index (χ0n) is 13.0. The van der Waals surface area contributed by atoms with Crippen molar-refractivity contribution in [2.24, 2.45) is 11.8 Å². The molecule has 1 aromatic carbocycles. The number of nitrogens with zero attached hydrogens (tertiary/aromatic N) is 1. The Kier molecular flexibility index (Phi) is 6.14. The van der Waals surface area contributed by atoms with Gasteiger partial charge in [0.2, 0.25) is 0 Å². The van der Waals surface area contributed by atoms with Crippen molar-refractivity contribution in [1.29, 1.82) is 0 Å². The minimum atomic E-state index is -0.497. The van der Waals surface area contributed by atoms with Gasteiger partial charge in [-0.3, -0.25) is 14.9 Å². The van der Waals surface area contributed by atoms with Crippen LogP contribution >= 0.6 is 0 Å². The largest absolute Gasteiger partial charge is 0.385 e. The summed E-state index contributed by atoms with van der Waals surface area (Å²) in [5, 5.41) is 16.7. The molecule has 0 radical (unpaired) electrons. The summed E-state index contributed by atoms with van der Waals surface area (Å²) in [4.78, 5) is 22.6. The molecular weight excluding hydrogens is 270 g/mol. The van der Waals surface area contributed by atoms with Crippen LogP contribution in [0.2, 0.25) is 0 Å². The summed E-state index contributed by atoms with van der Waals surface area (Å²) in [6.07, 6.45) is 0. The first-order chi connectivity index (χ1) is 9.86. The lowest BCUT2D eigenvalue weighted by molar-refractivity contribution is -0.384. The molecule has 6 nitrogen and oxygen atoms in total. The maximum atomic E-state index is 12.3. The molecule has 0 aliphatic carbocycles. The first-order valence-electron chi connectivity index (χ1n) is 7.17. The van der Waals surface area contributed by atoms with Gasteiger partial charge in [0.15, 0.2) is 0 Å². The van der Waals surface area contributed by atoms with E-state index >= 15 is 0 Å².